The Morgan fingerprint density at radius 3 is 2.95 bits per heavy atom. The van der Waals surface area contributed by atoms with Crippen LogP contribution in [0.1, 0.15) is 13.3 Å². The zero-order chi connectivity index (χ0) is 15.4. The first kappa shape index (κ1) is 15.7. The Labute approximate surface area is 124 Å². The number of halogens is 1. The minimum Gasteiger partial charge on any atom is -0.397 e. The van der Waals surface area contributed by atoms with Gasteiger partial charge in [-0.15, -0.1) is 0 Å². The molecule has 6 heteroatoms. The van der Waals surface area contributed by atoms with E-state index in [1.807, 2.05) is 0 Å². The fourth-order valence-corrected chi connectivity index (χ4v) is 2.68. The fraction of sp³-hybridized carbons (Fsp3) is 0.533. The summed E-state index contributed by atoms with van der Waals surface area (Å²) in [6, 6.07) is 4.31. The van der Waals surface area contributed by atoms with Gasteiger partial charge >= 0.3 is 0 Å². The second kappa shape index (κ2) is 6.87. The summed E-state index contributed by atoms with van der Waals surface area (Å²) in [5.41, 5.74) is 6.40. The van der Waals surface area contributed by atoms with Crippen LogP contribution in [0.25, 0.3) is 0 Å². The first-order valence-corrected chi connectivity index (χ1v) is 7.23. The molecule has 5 nitrogen and oxygen atoms in total. The Kier molecular flexibility index (Phi) is 5.14. The lowest BCUT2D eigenvalue weighted by Crippen LogP contribution is -2.42. The number of anilines is 2. The molecule has 2 rings (SSSR count). The fourth-order valence-electron chi connectivity index (χ4n) is 2.68. The van der Waals surface area contributed by atoms with Crippen LogP contribution in [0.2, 0.25) is 0 Å². The number of nitrogen functional groups attached to an aromatic ring is 1. The predicted octanol–water partition coefficient (Wildman–Crippen LogP) is 1.37. The molecule has 1 amide bonds. The number of nitrogens with two attached hydrogens (primary N) is 1. The molecule has 0 aliphatic carbocycles. The van der Waals surface area contributed by atoms with Crippen LogP contribution < -0.4 is 11.1 Å². The molecule has 0 saturated carbocycles. The highest BCUT2D eigenvalue weighted by molar-refractivity contribution is 5.95. The second-order valence-electron chi connectivity index (χ2n) is 5.72. The summed E-state index contributed by atoms with van der Waals surface area (Å²) >= 11 is 0. The van der Waals surface area contributed by atoms with Crippen LogP contribution in [0.5, 0.6) is 0 Å². The molecule has 1 aliphatic heterocycles. The number of rotatable bonds is 3. The Morgan fingerprint density at radius 1 is 1.48 bits per heavy atom. The molecule has 1 aliphatic rings. The second-order valence-corrected chi connectivity index (χ2v) is 5.72. The Bertz CT molecular complexity index is 508. The molecule has 21 heavy (non-hydrogen) atoms. The highest BCUT2D eigenvalue weighted by Gasteiger charge is 2.21. The van der Waals surface area contributed by atoms with E-state index in [1.54, 1.807) is 0 Å². The third-order valence-corrected chi connectivity index (χ3v) is 3.82. The monoisotopic (exact) mass is 294 g/mol. The first-order chi connectivity index (χ1) is 9.95. The van der Waals surface area contributed by atoms with E-state index in [0.29, 0.717) is 18.3 Å². The van der Waals surface area contributed by atoms with Crippen LogP contribution in [0.4, 0.5) is 15.8 Å². The molecular formula is C15H23FN4O. The molecule has 0 spiro atoms. The Morgan fingerprint density at radius 2 is 2.24 bits per heavy atom. The molecule has 116 valence electrons. The van der Waals surface area contributed by atoms with Crippen LogP contribution in [0.3, 0.4) is 0 Å². The van der Waals surface area contributed by atoms with Crippen LogP contribution in [0, 0.1) is 5.82 Å². The van der Waals surface area contributed by atoms with Gasteiger partial charge in [-0.2, -0.15) is 0 Å². The molecule has 1 unspecified atom stereocenters. The van der Waals surface area contributed by atoms with Gasteiger partial charge in [0.25, 0.3) is 0 Å². The van der Waals surface area contributed by atoms with E-state index in [2.05, 4.69) is 29.1 Å². The maximum atomic E-state index is 13.0. The molecular weight excluding hydrogens is 271 g/mol. The van der Waals surface area contributed by atoms with Crippen molar-refractivity contribution in [2.75, 3.05) is 44.3 Å². The highest BCUT2D eigenvalue weighted by Crippen LogP contribution is 2.19. The number of nitrogens with one attached hydrogen (secondary N) is 1. The van der Waals surface area contributed by atoms with Crippen LogP contribution >= 0.6 is 0 Å². The third-order valence-electron chi connectivity index (χ3n) is 3.82. The number of hydrogen-bond acceptors (Lipinski definition) is 4. The van der Waals surface area contributed by atoms with Crippen LogP contribution in [-0.2, 0) is 4.79 Å². The maximum absolute atomic E-state index is 13.0. The van der Waals surface area contributed by atoms with Gasteiger partial charge in [0.15, 0.2) is 0 Å². The van der Waals surface area contributed by atoms with Crippen LogP contribution in [-0.4, -0.2) is 55.0 Å². The summed E-state index contributed by atoms with van der Waals surface area (Å²) in [4.78, 5) is 16.6. The molecule has 1 saturated heterocycles. The first-order valence-electron chi connectivity index (χ1n) is 7.23. The van der Waals surface area contributed by atoms with Crippen molar-refractivity contribution in [1.29, 1.82) is 0 Å². The standard InChI is InChI=1S/C15H23FN4O/c1-11-9-19(2)6-3-7-20(11)10-15(21)18-14-5-4-12(16)8-13(14)17/h4-5,8,11H,3,6-7,9-10,17H2,1-2H3,(H,18,21). The van der Waals surface area contributed by atoms with Crippen molar-refractivity contribution in [3.63, 3.8) is 0 Å². The average molecular weight is 294 g/mol. The minimum atomic E-state index is -0.408. The lowest BCUT2D eigenvalue weighted by Gasteiger charge is -2.27. The van der Waals surface area contributed by atoms with Crippen molar-refractivity contribution in [3.05, 3.63) is 24.0 Å². The number of carbonyl (C=O) groups excluding carboxylic acids is 1. The third kappa shape index (κ3) is 4.41. The number of carbonyl (C=O) groups is 1. The summed E-state index contributed by atoms with van der Waals surface area (Å²) in [6.07, 6.45) is 1.05. The minimum absolute atomic E-state index is 0.121. The van der Waals surface area contributed by atoms with Crippen molar-refractivity contribution in [2.24, 2.45) is 0 Å². The molecule has 0 bridgehead atoms. The number of likely N-dealkylation sites (N-methyl/N-ethyl adjacent to an activating group) is 1. The smallest absolute Gasteiger partial charge is 0.238 e. The summed E-state index contributed by atoms with van der Waals surface area (Å²) < 4.78 is 13.0. The molecule has 0 aromatic heterocycles. The summed E-state index contributed by atoms with van der Waals surface area (Å²) in [7, 11) is 2.10. The van der Waals surface area contributed by atoms with Gasteiger partial charge in [0.1, 0.15) is 5.82 Å². The summed E-state index contributed by atoms with van der Waals surface area (Å²) in [5, 5.41) is 2.75. The molecule has 3 N–H and O–H groups in total. The van der Waals surface area contributed by atoms with Crippen molar-refractivity contribution < 1.29 is 9.18 Å². The number of hydrogen-bond donors (Lipinski definition) is 2. The van der Waals surface area contributed by atoms with E-state index in [4.69, 9.17) is 5.73 Å². The average Bonchev–Trinajstić information content (AvgIpc) is 2.55. The van der Waals surface area contributed by atoms with Gasteiger partial charge in [-0.05, 0) is 45.1 Å². The lowest BCUT2D eigenvalue weighted by molar-refractivity contribution is -0.117. The van der Waals surface area contributed by atoms with E-state index in [-0.39, 0.29) is 11.6 Å². The van der Waals surface area contributed by atoms with Gasteiger partial charge in [0.2, 0.25) is 5.91 Å². The summed E-state index contributed by atoms with van der Waals surface area (Å²) in [6.45, 7) is 5.35. The maximum Gasteiger partial charge on any atom is 0.238 e. The van der Waals surface area contributed by atoms with Gasteiger partial charge < -0.3 is 16.0 Å². The number of nitrogens with zero attached hydrogens (tertiary/aromatic N) is 2. The topological polar surface area (TPSA) is 61.6 Å². The van der Waals surface area contributed by atoms with Crippen molar-refractivity contribution in [3.8, 4) is 0 Å². The largest absolute Gasteiger partial charge is 0.397 e. The van der Waals surface area contributed by atoms with Crippen molar-refractivity contribution in [1.82, 2.24) is 9.80 Å². The van der Waals surface area contributed by atoms with E-state index in [9.17, 15) is 9.18 Å². The molecule has 1 heterocycles. The summed E-state index contributed by atoms with van der Waals surface area (Å²) in [5.74, 6) is -0.528. The van der Waals surface area contributed by atoms with E-state index < -0.39 is 5.82 Å². The zero-order valence-electron chi connectivity index (χ0n) is 12.6. The number of benzene rings is 1. The van der Waals surface area contributed by atoms with Gasteiger partial charge in [-0.1, -0.05) is 0 Å². The van der Waals surface area contributed by atoms with Gasteiger partial charge in [0, 0.05) is 19.1 Å². The Hall–Kier alpha value is -1.66. The van der Waals surface area contributed by atoms with Gasteiger partial charge in [0.05, 0.1) is 17.9 Å². The normalized spacial score (nSPS) is 21.0. The van der Waals surface area contributed by atoms with Gasteiger partial charge in [-0.3, -0.25) is 9.69 Å². The quantitative estimate of drug-likeness (QED) is 0.827. The van der Waals surface area contributed by atoms with E-state index >= 15 is 0 Å². The van der Waals surface area contributed by atoms with Crippen molar-refractivity contribution in [2.45, 2.75) is 19.4 Å². The van der Waals surface area contributed by atoms with Crippen LogP contribution in [0.15, 0.2) is 18.2 Å². The molecule has 1 atom stereocenters. The molecule has 0 radical (unpaired) electrons. The highest BCUT2D eigenvalue weighted by atomic mass is 19.1. The molecule has 1 aromatic rings. The van der Waals surface area contributed by atoms with E-state index in [0.717, 1.165) is 26.1 Å². The Balaban J connectivity index is 1.94. The number of amides is 1. The van der Waals surface area contributed by atoms with Crippen molar-refractivity contribution >= 4 is 17.3 Å². The van der Waals surface area contributed by atoms with E-state index in [1.165, 1.54) is 18.2 Å². The zero-order valence-corrected chi connectivity index (χ0v) is 12.6. The molecule has 1 fully saturated rings. The molecule has 1 aromatic carbocycles. The SMILES string of the molecule is CC1CN(C)CCCN1CC(=O)Nc1ccc(F)cc1N. The van der Waals surface area contributed by atoms with Gasteiger partial charge in [-0.25, -0.2) is 4.39 Å². The predicted molar refractivity (Wildman–Crippen MR) is 82.6 cm³/mol. The lowest BCUT2D eigenvalue weighted by atomic mass is 10.2.